The van der Waals surface area contributed by atoms with Crippen molar-refractivity contribution >= 4 is 39.6 Å². The lowest BCUT2D eigenvalue weighted by atomic mass is 10.0. The topological polar surface area (TPSA) is 80.5 Å². The Balaban J connectivity index is 2.61. The third-order valence-electron chi connectivity index (χ3n) is 2.76. The first-order valence-electron chi connectivity index (χ1n) is 5.40. The fourth-order valence-corrected chi connectivity index (χ4v) is 1.86. The van der Waals surface area contributed by atoms with Crippen LogP contribution in [0.1, 0.15) is 5.82 Å². The van der Waals surface area contributed by atoms with Crippen molar-refractivity contribution in [2.45, 2.75) is 21.7 Å². The number of anilines is 1. The molecule has 0 amide bonds. The van der Waals surface area contributed by atoms with Gasteiger partial charge in [0, 0.05) is 22.6 Å². The maximum atomic E-state index is 13.8. The second-order valence-corrected chi connectivity index (χ2v) is 5.62. The summed E-state index contributed by atoms with van der Waals surface area (Å²) in [4.78, 5) is 11.1. The molecule has 2 aromatic rings. The summed E-state index contributed by atoms with van der Waals surface area (Å²) in [5, 5.41) is 0. The van der Waals surface area contributed by atoms with Gasteiger partial charge < -0.3 is 10.7 Å². The number of rotatable bonds is 4. The van der Waals surface area contributed by atoms with Crippen molar-refractivity contribution in [1.29, 1.82) is 0 Å². The number of hydrogen-bond acceptors (Lipinski definition) is 4. The van der Waals surface area contributed by atoms with Gasteiger partial charge in [-0.3, -0.25) is 0 Å². The Morgan fingerprint density at radius 2 is 1.52 bits per heavy atom. The monoisotopic (exact) mass is 461 g/mol. The van der Waals surface area contributed by atoms with E-state index in [-0.39, 0.29) is 22.6 Å². The van der Waals surface area contributed by atoms with E-state index >= 15 is 0 Å². The molecule has 0 aliphatic rings. The molecule has 0 fully saturated rings. The van der Waals surface area contributed by atoms with Crippen LogP contribution in [0.5, 0.6) is 0 Å². The standard InChI is InChI=1S/C9H4F8IN5/c10-6(11,7(12,13)8(14,15)9(16,17)18)5-22-2-3(19)20-1-21-4(2)23-5/h1H,(H3,19,20,21,22,23). The zero-order valence-electron chi connectivity index (χ0n) is 10.4. The Morgan fingerprint density at radius 3 is 2.00 bits per heavy atom. The minimum absolute atomic E-state index is 0.346. The Bertz CT molecular complexity index is 739. The zero-order valence-corrected chi connectivity index (χ0v) is 12.6. The van der Waals surface area contributed by atoms with Gasteiger partial charge >= 0.3 is 21.7 Å². The van der Waals surface area contributed by atoms with Crippen LogP contribution in [0.4, 0.5) is 40.9 Å². The van der Waals surface area contributed by atoms with E-state index in [1.165, 1.54) is 0 Å². The third kappa shape index (κ3) is 2.46. The number of hydrogen-bond donors (Lipinski definition) is 2. The number of alkyl halides is 9. The molecule has 0 saturated heterocycles. The van der Waals surface area contributed by atoms with Gasteiger partial charge in [-0.15, -0.1) is 0 Å². The summed E-state index contributed by atoms with van der Waals surface area (Å²) in [5.74, 6) is -21.1. The first-order chi connectivity index (χ1) is 10.2. The highest BCUT2D eigenvalue weighted by Gasteiger charge is 2.81. The maximum Gasteiger partial charge on any atom is 0.387 e. The van der Waals surface area contributed by atoms with Crippen LogP contribution < -0.4 is 5.73 Å². The van der Waals surface area contributed by atoms with Gasteiger partial charge in [-0.2, -0.15) is 35.1 Å². The van der Waals surface area contributed by atoms with Crippen LogP contribution in [-0.4, -0.2) is 35.7 Å². The van der Waals surface area contributed by atoms with Crippen LogP contribution in [0.15, 0.2) is 6.33 Å². The minimum atomic E-state index is -6.46. The molecule has 23 heavy (non-hydrogen) atoms. The number of imidazole rings is 1. The molecule has 0 spiro atoms. The van der Waals surface area contributed by atoms with Crippen LogP contribution in [0.3, 0.4) is 0 Å². The second kappa shape index (κ2) is 5.01. The first-order valence-corrected chi connectivity index (χ1v) is 6.48. The molecule has 0 bridgehead atoms. The number of nitrogen functional groups attached to an aromatic ring is 1. The molecule has 3 N–H and O–H groups in total. The number of H-pyrrole nitrogens is 1. The SMILES string of the molecule is Nc1ncnc2nc(C(F)(F)C(F)(F)C(F)(F)C(F)(F)I)[nH]c12. The summed E-state index contributed by atoms with van der Waals surface area (Å²) < 4.78 is 101. The van der Waals surface area contributed by atoms with E-state index < -0.39 is 44.5 Å². The minimum Gasteiger partial charge on any atom is -0.382 e. The van der Waals surface area contributed by atoms with Crippen molar-refractivity contribution in [2.24, 2.45) is 0 Å². The number of nitrogens with zero attached hydrogens (tertiary/aromatic N) is 3. The molecule has 5 nitrogen and oxygen atoms in total. The van der Waals surface area contributed by atoms with E-state index in [0.717, 1.165) is 6.33 Å². The highest BCUT2D eigenvalue weighted by atomic mass is 127. The molecule has 0 radical (unpaired) electrons. The summed E-state index contributed by atoms with van der Waals surface area (Å²) in [6, 6.07) is 0. The number of nitrogens with one attached hydrogen (secondary N) is 1. The fourth-order valence-electron chi connectivity index (χ4n) is 1.52. The Kier molecular flexibility index (Phi) is 3.89. The summed E-state index contributed by atoms with van der Waals surface area (Å²) in [6.45, 7) is 0. The summed E-state index contributed by atoms with van der Waals surface area (Å²) in [6.07, 6.45) is 0.756. The predicted molar refractivity (Wildman–Crippen MR) is 68.9 cm³/mol. The van der Waals surface area contributed by atoms with E-state index in [1.807, 2.05) is 0 Å². The van der Waals surface area contributed by atoms with Gasteiger partial charge in [0.2, 0.25) is 0 Å². The highest BCUT2D eigenvalue weighted by Crippen LogP contribution is 2.57. The number of aromatic amines is 1. The average Bonchev–Trinajstić information content (AvgIpc) is 2.83. The van der Waals surface area contributed by atoms with Crippen molar-refractivity contribution in [3.63, 3.8) is 0 Å². The molecule has 128 valence electrons. The van der Waals surface area contributed by atoms with Crippen LogP contribution in [0.25, 0.3) is 11.2 Å². The van der Waals surface area contributed by atoms with E-state index in [2.05, 4.69) is 15.0 Å². The number of fused-ring (bicyclic) bond motifs is 1. The molecule has 0 saturated carbocycles. The lowest BCUT2D eigenvalue weighted by Gasteiger charge is -2.33. The van der Waals surface area contributed by atoms with E-state index in [4.69, 9.17) is 5.73 Å². The summed E-state index contributed by atoms with van der Waals surface area (Å²) in [5.41, 5.74) is 4.11. The largest absolute Gasteiger partial charge is 0.387 e. The number of nitrogens with two attached hydrogens (primary N) is 1. The van der Waals surface area contributed by atoms with E-state index in [0.29, 0.717) is 0 Å². The Hall–Kier alpha value is -1.48. The first kappa shape index (κ1) is 17.9. The fraction of sp³-hybridized carbons (Fsp3) is 0.444. The Labute approximate surface area is 134 Å². The molecule has 2 heterocycles. The van der Waals surface area contributed by atoms with Gasteiger partial charge in [-0.05, 0) is 0 Å². The smallest absolute Gasteiger partial charge is 0.382 e. The number of aromatic nitrogens is 4. The maximum absolute atomic E-state index is 13.8. The second-order valence-electron chi connectivity index (χ2n) is 4.26. The van der Waals surface area contributed by atoms with E-state index in [9.17, 15) is 35.1 Å². The van der Waals surface area contributed by atoms with Crippen LogP contribution in [0.2, 0.25) is 0 Å². The summed E-state index contributed by atoms with van der Waals surface area (Å²) in [7, 11) is 0. The van der Waals surface area contributed by atoms with Crippen molar-refractivity contribution in [1.82, 2.24) is 19.9 Å². The van der Waals surface area contributed by atoms with Gasteiger partial charge in [0.15, 0.2) is 17.3 Å². The van der Waals surface area contributed by atoms with Crippen molar-refractivity contribution in [3.05, 3.63) is 12.2 Å². The molecule has 0 aliphatic heterocycles. The van der Waals surface area contributed by atoms with E-state index in [1.54, 1.807) is 4.98 Å². The molecule has 0 unspecified atom stereocenters. The normalized spacial score (nSPS) is 14.5. The van der Waals surface area contributed by atoms with Crippen LogP contribution in [-0.2, 0) is 5.92 Å². The van der Waals surface area contributed by atoms with Gasteiger partial charge in [0.05, 0.1) is 0 Å². The lowest BCUT2D eigenvalue weighted by molar-refractivity contribution is -0.349. The zero-order chi connectivity index (χ0) is 17.8. The molecular formula is C9H4F8IN5. The van der Waals surface area contributed by atoms with Crippen LogP contribution >= 0.6 is 22.6 Å². The highest BCUT2D eigenvalue weighted by molar-refractivity contribution is 14.1. The van der Waals surface area contributed by atoms with Gasteiger partial charge in [-0.1, -0.05) is 0 Å². The van der Waals surface area contributed by atoms with Gasteiger partial charge in [0.1, 0.15) is 11.8 Å². The van der Waals surface area contributed by atoms with Gasteiger partial charge in [0.25, 0.3) is 0 Å². The molecule has 14 heteroatoms. The predicted octanol–water partition coefficient (Wildman–Crippen LogP) is 3.33. The molecule has 0 aromatic carbocycles. The Morgan fingerprint density at radius 1 is 0.957 bits per heavy atom. The van der Waals surface area contributed by atoms with Crippen molar-refractivity contribution < 1.29 is 35.1 Å². The van der Waals surface area contributed by atoms with Crippen LogP contribution in [0, 0.1) is 0 Å². The molecule has 2 rings (SSSR count). The van der Waals surface area contributed by atoms with Crippen molar-refractivity contribution in [3.8, 4) is 0 Å². The molecular weight excluding hydrogens is 457 g/mol. The molecule has 0 aliphatic carbocycles. The lowest BCUT2D eigenvalue weighted by Crippen LogP contribution is -2.59. The quantitative estimate of drug-likeness (QED) is 0.416. The average molecular weight is 461 g/mol. The summed E-state index contributed by atoms with van der Waals surface area (Å²) >= 11 is -0.346. The van der Waals surface area contributed by atoms with Gasteiger partial charge in [-0.25, -0.2) is 15.0 Å². The molecule has 0 atom stereocenters. The third-order valence-corrected chi connectivity index (χ3v) is 3.44. The number of halogens is 9. The molecule has 2 aromatic heterocycles. The van der Waals surface area contributed by atoms with Crippen molar-refractivity contribution in [2.75, 3.05) is 5.73 Å².